The minimum atomic E-state index is -0.611. The van der Waals surface area contributed by atoms with Crippen molar-refractivity contribution in [3.8, 4) is 11.5 Å². The summed E-state index contributed by atoms with van der Waals surface area (Å²) in [6.45, 7) is 3.35. The zero-order valence-corrected chi connectivity index (χ0v) is 13.1. The molecular formula is C15H24N2O4. The Labute approximate surface area is 125 Å². The van der Waals surface area contributed by atoms with Gasteiger partial charge in [-0.2, -0.15) is 0 Å². The number of hydrogen-bond donors (Lipinski definition) is 2. The molecule has 1 aromatic carbocycles. The van der Waals surface area contributed by atoms with Crippen molar-refractivity contribution < 1.29 is 19.0 Å². The molecule has 0 aliphatic carbocycles. The SMILES string of the molecule is CNCc1ccc(OC)c(OC(C)C(=O)NCCOC)c1. The van der Waals surface area contributed by atoms with Gasteiger partial charge in [0.25, 0.3) is 5.91 Å². The summed E-state index contributed by atoms with van der Waals surface area (Å²) < 4.78 is 15.9. The van der Waals surface area contributed by atoms with Gasteiger partial charge in [-0.25, -0.2) is 0 Å². The first-order valence-electron chi connectivity index (χ1n) is 6.87. The molecule has 0 fully saturated rings. The van der Waals surface area contributed by atoms with E-state index in [1.807, 2.05) is 25.2 Å². The van der Waals surface area contributed by atoms with Gasteiger partial charge in [-0.1, -0.05) is 6.07 Å². The fourth-order valence-corrected chi connectivity index (χ4v) is 1.79. The van der Waals surface area contributed by atoms with E-state index in [1.165, 1.54) is 0 Å². The lowest BCUT2D eigenvalue weighted by atomic mass is 10.2. The highest BCUT2D eigenvalue weighted by molar-refractivity contribution is 5.80. The van der Waals surface area contributed by atoms with Gasteiger partial charge >= 0.3 is 0 Å². The molecule has 0 radical (unpaired) electrons. The minimum Gasteiger partial charge on any atom is -0.493 e. The Morgan fingerprint density at radius 2 is 2.05 bits per heavy atom. The molecule has 1 amide bonds. The van der Waals surface area contributed by atoms with Gasteiger partial charge < -0.3 is 24.8 Å². The fourth-order valence-electron chi connectivity index (χ4n) is 1.79. The van der Waals surface area contributed by atoms with Crippen LogP contribution >= 0.6 is 0 Å². The number of benzene rings is 1. The van der Waals surface area contributed by atoms with E-state index < -0.39 is 6.10 Å². The maximum absolute atomic E-state index is 11.9. The Kier molecular flexibility index (Phi) is 7.56. The summed E-state index contributed by atoms with van der Waals surface area (Å²) in [6, 6.07) is 5.65. The maximum atomic E-state index is 11.9. The Morgan fingerprint density at radius 3 is 2.67 bits per heavy atom. The number of nitrogens with one attached hydrogen (secondary N) is 2. The number of amides is 1. The second-order valence-electron chi connectivity index (χ2n) is 4.56. The van der Waals surface area contributed by atoms with Crippen molar-refractivity contribution in [3.63, 3.8) is 0 Å². The first-order chi connectivity index (χ1) is 10.1. The monoisotopic (exact) mass is 296 g/mol. The van der Waals surface area contributed by atoms with E-state index in [0.717, 1.165) is 12.1 Å². The van der Waals surface area contributed by atoms with Crippen LogP contribution in [0.3, 0.4) is 0 Å². The van der Waals surface area contributed by atoms with Gasteiger partial charge in [0.2, 0.25) is 0 Å². The molecule has 0 bridgehead atoms. The van der Waals surface area contributed by atoms with Gasteiger partial charge in [-0.05, 0) is 31.7 Å². The first-order valence-corrected chi connectivity index (χ1v) is 6.87. The number of methoxy groups -OCH3 is 2. The van der Waals surface area contributed by atoms with Crippen LogP contribution in [0.5, 0.6) is 11.5 Å². The van der Waals surface area contributed by atoms with Gasteiger partial charge in [-0.3, -0.25) is 4.79 Å². The second-order valence-corrected chi connectivity index (χ2v) is 4.56. The molecule has 6 heteroatoms. The molecule has 0 aliphatic heterocycles. The highest BCUT2D eigenvalue weighted by Gasteiger charge is 2.16. The molecule has 0 aliphatic rings. The number of ether oxygens (including phenoxy) is 3. The van der Waals surface area contributed by atoms with Crippen molar-refractivity contribution in [2.45, 2.75) is 19.6 Å². The lowest BCUT2D eigenvalue weighted by Gasteiger charge is -2.17. The number of carbonyl (C=O) groups is 1. The molecule has 0 saturated carbocycles. The molecule has 21 heavy (non-hydrogen) atoms. The maximum Gasteiger partial charge on any atom is 0.260 e. The van der Waals surface area contributed by atoms with E-state index in [1.54, 1.807) is 21.1 Å². The van der Waals surface area contributed by atoms with Gasteiger partial charge in [0, 0.05) is 20.2 Å². The molecule has 1 rings (SSSR count). The van der Waals surface area contributed by atoms with Crippen molar-refractivity contribution in [1.82, 2.24) is 10.6 Å². The van der Waals surface area contributed by atoms with E-state index in [-0.39, 0.29) is 5.91 Å². The zero-order chi connectivity index (χ0) is 15.7. The molecule has 0 heterocycles. The van der Waals surface area contributed by atoms with E-state index in [9.17, 15) is 4.79 Å². The highest BCUT2D eigenvalue weighted by atomic mass is 16.5. The van der Waals surface area contributed by atoms with Crippen molar-refractivity contribution in [1.29, 1.82) is 0 Å². The first kappa shape index (κ1) is 17.3. The summed E-state index contributed by atoms with van der Waals surface area (Å²) >= 11 is 0. The molecule has 6 nitrogen and oxygen atoms in total. The minimum absolute atomic E-state index is 0.187. The van der Waals surface area contributed by atoms with Crippen LogP contribution in [0.4, 0.5) is 0 Å². The fraction of sp³-hybridized carbons (Fsp3) is 0.533. The van der Waals surface area contributed by atoms with Crippen molar-refractivity contribution in [2.24, 2.45) is 0 Å². The largest absolute Gasteiger partial charge is 0.493 e. The Morgan fingerprint density at radius 1 is 1.29 bits per heavy atom. The topological polar surface area (TPSA) is 68.8 Å². The number of hydrogen-bond acceptors (Lipinski definition) is 5. The second kappa shape index (κ2) is 9.20. The predicted molar refractivity (Wildman–Crippen MR) is 80.7 cm³/mol. The lowest BCUT2D eigenvalue weighted by molar-refractivity contribution is -0.127. The van der Waals surface area contributed by atoms with E-state index >= 15 is 0 Å². The molecule has 2 N–H and O–H groups in total. The summed E-state index contributed by atoms with van der Waals surface area (Å²) in [5.41, 5.74) is 1.06. The average molecular weight is 296 g/mol. The van der Waals surface area contributed by atoms with Crippen LogP contribution in [-0.4, -0.2) is 46.4 Å². The van der Waals surface area contributed by atoms with Crippen LogP contribution in [0.25, 0.3) is 0 Å². The van der Waals surface area contributed by atoms with Crippen LogP contribution in [0, 0.1) is 0 Å². The lowest BCUT2D eigenvalue weighted by Crippen LogP contribution is -2.38. The Balaban J connectivity index is 2.70. The van der Waals surface area contributed by atoms with Gasteiger partial charge in [0.15, 0.2) is 17.6 Å². The third kappa shape index (κ3) is 5.61. The summed E-state index contributed by atoms with van der Waals surface area (Å²) in [4.78, 5) is 11.9. The van der Waals surface area contributed by atoms with Crippen LogP contribution < -0.4 is 20.1 Å². The molecule has 118 valence electrons. The molecule has 0 aromatic heterocycles. The van der Waals surface area contributed by atoms with Crippen molar-refractivity contribution >= 4 is 5.91 Å². The van der Waals surface area contributed by atoms with Gasteiger partial charge in [0.05, 0.1) is 13.7 Å². The van der Waals surface area contributed by atoms with Crippen LogP contribution in [-0.2, 0) is 16.1 Å². The molecule has 1 aromatic rings. The smallest absolute Gasteiger partial charge is 0.260 e. The molecule has 0 spiro atoms. The summed E-state index contributed by atoms with van der Waals surface area (Å²) in [5.74, 6) is 0.971. The van der Waals surface area contributed by atoms with Crippen LogP contribution in [0.15, 0.2) is 18.2 Å². The number of carbonyl (C=O) groups excluding carboxylic acids is 1. The van der Waals surface area contributed by atoms with Crippen molar-refractivity contribution in [2.75, 3.05) is 34.4 Å². The molecular weight excluding hydrogens is 272 g/mol. The summed E-state index contributed by atoms with van der Waals surface area (Å²) in [5, 5.41) is 5.81. The van der Waals surface area contributed by atoms with Crippen molar-refractivity contribution in [3.05, 3.63) is 23.8 Å². The predicted octanol–water partition coefficient (Wildman–Crippen LogP) is 0.945. The van der Waals surface area contributed by atoms with E-state index in [4.69, 9.17) is 14.2 Å². The third-order valence-corrected chi connectivity index (χ3v) is 2.89. The summed E-state index contributed by atoms with van der Waals surface area (Å²) in [6.07, 6.45) is -0.611. The third-order valence-electron chi connectivity index (χ3n) is 2.89. The highest BCUT2D eigenvalue weighted by Crippen LogP contribution is 2.29. The normalized spacial score (nSPS) is 11.8. The standard InChI is InChI=1S/C15H24N2O4/c1-11(15(18)17-7-8-19-3)21-14-9-12(10-16-2)5-6-13(14)20-4/h5-6,9,11,16H,7-8,10H2,1-4H3,(H,17,18). The van der Waals surface area contributed by atoms with Crippen LogP contribution in [0.2, 0.25) is 0 Å². The van der Waals surface area contributed by atoms with E-state index in [0.29, 0.717) is 24.7 Å². The van der Waals surface area contributed by atoms with Gasteiger partial charge in [-0.15, -0.1) is 0 Å². The Bertz CT molecular complexity index is 451. The quantitative estimate of drug-likeness (QED) is 0.664. The molecule has 1 atom stereocenters. The van der Waals surface area contributed by atoms with E-state index in [2.05, 4.69) is 10.6 Å². The number of rotatable bonds is 9. The molecule has 0 saturated heterocycles. The average Bonchev–Trinajstić information content (AvgIpc) is 2.48. The van der Waals surface area contributed by atoms with Crippen LogP contribution in [0.1, 0.15) is 12.5 Å². The Hall–Kier alpha value is -1.79. The molecule has 1 unspecified atom stereocenters. The summed E-state index contributed by atoms with van der Waals surface area (Å²) in [7, 11) is 5.03. The van der Waals surface area contributed by atoms with Gasteiger partial charge in [0.1, 0.15) is 0 Å². The zero-order valence-electron chi connectivity index (χ0n) is 13.1.